The van der Waals surface area contributed by atoms with Crippen LogP contribution in [0.15, 0.2) is 39.9 Å². The lowest BCUT2D eigenvalue weighted by Crippen LogP contribution is -2.39. The average Bonchev–Trinajstić information content (AvgIpc) is 2.61. The molecule has 2 aliphatic rings. The van der Waals surface area contributed by atoms with Crippen molar-refractivity contribution in [1.29, 1.82) is 0 Å². The van der Waals surface area contributed by atoms with E-state index in [4.69, 9.17) is 0 Å². The van der Waals surface area contributed by atoms with Gasteiger partial charge >= 0.3 is 0 Å². The summed E-state index contributed by atoms with van der Waals surface area (Å²) >= 11 is 0. The van der Waals surface area contributed by atoms with Crippen molar-refractivity contribution in [2.75, 3.05) is 19.6 Å². The molecule has 0 atom stereocenters. The average molecular weight is 343 g/mol. The highest BCUT2D eigenvalue weighted by Crippen LogP contribution is 2.47. The van der Waals surface area contributed by atoms with Crippen LogP contribution in [-0.2, 0) is 0 Å². The van der Waals surface area contributed by atoms with Gasteiger partial charge in [-0.15, -0.1) is 0 Å². The van der Waals surface area contributed by atoms with E-state index in [9.17, 15) is 0 Å². The maximum Gasteiger partial charge on any atom is 0.0389 e. The monoisotopic (exact) mass is 342 g/mol. The van der Waals surface area contributed by atoms with Gasteiger partial charge in [0, 0.05) is 18.2 Å². The van der Waals surface area contributed by atoms with Gasteiger partial charge in [0.2, 0.25) is 0 Å². The minimum atomic E-state index is 0.230. The number of hydrogen-bond donors (Lipinski definition) is 1. The predicted molar refractivity (Wildman–Crippen MR) is 111 cm³/mol. The van der Waals surface area contributed by atoms with Crippen LogP contribution in [-0.4, -0.2) is 25.8 Å². The molecule has 0 aromatic heterocycles. The number of piperidine rings is 1. The van der Waals surface area contributed by atoms with Gasteiger partial charge in [-0.05, 0) is 64.6 Å². The molecule has 140 valence electrons. The van der Waals surface area contributed by atoms with E-state index in [1.807, 2.05) is 0 Å². The summed E-state index contributed by atoms with van der Waals surface area (Å²) in [4.78, 5) is 4.67. The molecule has 1 aliphatic carbocycles. The Bertz CT molecular complexity index is 530. The summed E-state index contributed by atoms with van der Waals surface area (Å²) in [5.41, 5.74) is 6.08. The van der Waals surface area contributed by atoms with Gasteiger partial charge in [0.25, 0.3) is 0 Å². The van der Waals surface area contributed by atoms with E-state index in [0.29, 0.717) is 0 Å². The smallest absolute Gasteiger partial charge is 0.0389 e. The fraction of sp³-hybridized carbons (Fsp3) is 0.696. The van der Waals surface area contributed by atoms with E-state index in [1.54, 1.807) is 5.57 Å². The molecule has 0 aromatic carbocycles. The molecule has 2 nitrogen and oxygen atoms in total. The van der Waals surface area contributed by atoms with E-state index in [2.05, 4.69) is 49.9 Å². The summed E-state index contributed by atoms with van der Waals surface area (Å²) < 4.78 is 0. The summed E-state index contributed by atoms with van der Waals surface area (Å²) in [6, 6.07) is 0. The first-order valence-corrected chi connectivity index (χ1v) is 10.4. The van der Waals surface area contributed by atoms with Gasteiger partial charge in [-0.3, -0.25) is 4.99 Å². The van der Waals surface area contributed by atoms with E-state index in [-0.39, 0.29) is 5.41 Å². The summed E-state index contributed by atoms with van der Waals surface area (Å²) in [6.45, 7) is 14.3. The van der Waals surface area contributed by atoms with Gasteiger partial charge in [-0.1, -0.05) is 62.0 Å². The third kappa shape index (κ3) is 5.41. The molecular formula is C23H38N2. The Kier molecular flexibility index (Phi) is 8.15. The second-order valence-electron chi connectivity index (χ2n) is 7.94. The Balaban J connectivity index is 1.97. The van der Waals surface area contributed by atoms with Crippen molar-refractivity contribution < 1.29 is 0 Å². The van der Waals surface area contributed by atoms with Crippen LogP contribution in [0.5, 0.6) is 0 Å². The molecule has 2 rings (SSSR count). The molecular weight excluding hydrogens is 304 g/mol. The lowest BCUT2D eigenvalue weighted by Gasteiger charge is -2.42. The number of rotatable bonds is 9. The standard InChI is InChI=1S/C23H38N2/c1-5-6-7-8-9-14-25-18-21-10-11-22(20(4)17-21)23(19(2)3)12-15-24-16-13-23/h17-18,24H,2,5-16H2,1,3-4H3. The highest BCUT2D eigenvalue weighted by atomic mass is 14.9. The minimum Gasteiger partial charge on any atom is -0.317 e. The summed E-state index contributed by atoms with van der Waals surface area (Å²) in [7, 11) is 0. The van der Waals surface area contributed by atoms with Crippen LogP contribution in [0.3, 0.4) is 0 Å². The molecule has 2 heteroatoms. The van der Waals surface area contributed by atoms with E-state index in [1.165, 1.54) is 68.1 Å². The number of hydrogen-bond acceptors (Lipinski definition) is 2. The number of unbranched alkanes of at least 4 members (excludes halogenated alkanes) is 4. The van der Waals surface area contributed by atoms with Crippen molar-refractivity contribution >= 4 is 6.21 Å². The second kappa shape index (κ2) is 10.1. The maximum atomic E-state index is 4.67. The molecule has 1 aliphatic heterocycles. The van der Waals surface area contributed by atoms with Crippen molar-refractivity contribution in [2.45, 2.75) is 78.6 Å². The Hall–Kier alpha value is -1.15. The Morgan fingerprint density at radius 1 is 1.20 bits per heavy atom. The first-order chi connectivity index (χ1) is 12.1. The summed E-state index contributed by atoms with van der Waals surface area (Å²) in [5, 5.41) is 3.51. The van der Waals surface area contributed by atoms with Gasteiger partial charge in [0.1, 0.15) is 0 Å². The van der Waals surface area contributed by atoms with E-state index < -0.39 is 0 Å². The van der Waals surface area contributed by atoms with E-state index >= 15 is 0 Å². The Labute approximate surface area is 155 Å². The molecule has 0 spiro atoms. The second-order valence-corrected chi connectivity index (χ2v) is 7.94. The zero-order valence-corrected chi connectivity index (χ0v) is 16.8. The van der Waals surface area contributed by atoms with E-state index in [0.717, 1.165) is 26.1 Å². The van der Waals surface area contributed by atoms with Crippen LogP contribution in [0.25, 0.3) is 0 Å². The lowest BCUT2D eigenvalue weighted by atomic mass is 9.64. The van der Waals surface area contributed by atoms with Gasteiger partial charge in [-0.2, -0.15) is 0 Å². The summed E-state index contributed by atoms with van der Waals surface area (Å²) in [5.74, 6) is 0. The number of allylic oxidation sites excluding steroid dienone is 5. The largest absolute Gasteiger partial charge is 0.317 e. The highest BCUT2D eigenvalue weighted by molar-refractivity contribution is 5.80. The predicted octanol–water partition coefficient (Wildman–Crippen LogP) is 6.01. The SMILES string of the molecule is C=C(C)C1(C2=C(C)C=C(C=NCCCCCCC)CC2)CCNCC1. The number of nitrogens with one attached hydrogen (secondary N) is 1. The van der Waals surface area contributed by atoms with Gasteiger partial charge in [0.15, 0.2) is 0 Å². The van der Waals surface area contributed by atoms with Gasteiger partial charge < -0.3 is 5.32 Å². The molecule has 0 saturated carbocycles. The van der Waals surface area contributed by atoms with Crippen molar-refractivity contribution in [3.63, 3.8) is 0 Å². The van der Waals surface area contributed by atoms with Crippen LogP contribution in [0, 0.1) is 5.41 Å². The highest BCUT2D eigenvalue weighted by Gasteiger charge is 2.37. The third-order valence-corrected chi connectivity index (χ3v) is 6.04. The molecule has 1 saturated heterocycles. The molecule has 0 unspecified atom stereocenters. The summed E-state index contributed by atoms with van der Waals surface area (Å²) in [6.07, 6.45) is 15.8. The Morgan fingerprint density at radius 2 is 1.92 bits per heavy atom. The van der Waals surface area contributed by atoms with Crippen molar-refractivity contribution in [3.8, 4) is 0 Å². The maximum absolute atomic E-state index is 4.67. The van der Waals surface area contributed by atoms with Crippen molar-refractivity contribution in [2.24, 2.45) is 10.4 Å². The van der Waals surface area contributed by atoms with Crippen LogP contribution in [0.1, 0.15) is 78.6 Å². The third-order valence-electron chi connectivity index (χ3n) is 6.04. The van der Waals surface area contributed by atoms with Gasteiger partial charge in [0.05, 0.1) is 0 Å². The van der Waals surface area contributed by atoms with Gasteiger partial charge in [-0.25, -0.2) is 0 Å². The molecule has 1 N–H and O–H groups in total. The molecule has 1 heterocycles. The quantitative estimate of drug-likeness (QED) is 0.310. The number of nitrogens with zero attached hydrogens (tertiary/aromatic N) is 1. The lowest BCUT2D eigenvalue weighted by molar-refractivity contribution is 0.295. The molecule has 0 aromatic rings. The molecule has 0 bridgehead atoms. The molecule has 0 amide bonds. The fourth-order valence-corrected chi connectivity index (χ4v) is 4.45. The first-order valence-electron chi connectivity index (χ1n) is 10.4. The Morgan fingerprint density at radius 3 is 2.56 bits per heavy atom. The molecule has 1 fully saturated rings. The first kappa shape index (κ1) is 20.2. The van der Waals surface area contributed by atoms with Crippen LogP contribution >= 0.6 is 0 Å². The van der Waals surface area contributed by atoms with Crippen molar-refractivity contribution in [1.82, 2.24) is 5.32 Å². The van der Waals surface area contributed by atoms with Crippen LogP contribution < -0.4 is 5.32 Å². The zero-order valence-electron chi connectivity index (χ0n) is 16.8. The fourth-order valence-electron chi connectivity index (χ4n) is 4.45. The normalized spacial score (nSPS) is 20.8. The topological polar surface area (TPSA) is 24.4 Å². The van der Waals surface area contributed by atoms with Crippen LogP contribution in [0.2, 0.25) is 0 Å². The molecule has 25 heavy (non-hydrogen) atoms. The van der Waals surface area contributed by atoms with Crippen LogP contribution in [0.4, 0.5) is 0 Å². The number of aliphatic imine (C=N–C) groups is 1. The minimum absolute atomic E-state index is 0.230. The zero-order chi connectivity index (χ0) is 18.1. The van der Waals surface area contributed by atoms with Crippen molar-refractivity contribution in [3.05, 3.63) is 34.9 Å². The molecule has 0 radical (unpaired) electrons.